The van der Waals surface area contributed by atoms with Crippen LogP contribution in [0.5, 0.6) is 5.75 Å². The van der Waals surface area contributed by atoms with Crippen LogP contribution in [0.25, 0.3) is 0 Å². The summed E-state index contributed by atoms with van der Waals surface area (Å²) in [5.41, 5.74) is 2.20. The molecule has 0 heterocycles. The highest BCUT2D eigenvalue weighted by Gasteiger charge is 2.16. The monoisotopic (exact) mass is 281 g/mol. The summed E-state index contributed by atoms with van der Waals surface area (Å²) in [4.78, 5) is 0. The molecule has 0 aliphatic rings. The van der Waals surface area contributed by atoms with Gasteiger partial charge in [0.15, 0.2) is 0 Å². The Morgan fingerprint density at radius 3 is 2.40 bits per heavy atom. The number of nitrogens with one attached hydrogen (secondary N) is 1. The Morgan fingerprint density at radius 1 is 1.20 bits per heavy atom. The lowest BCUT2D eigenvalue weighted by atomic mass is 10.0. The van der Waals surface area contributed by atoms with Crippen molar-refractivity contribution in [1.29, 1.82) is 0 Å². The van der Waals surface area contributed by atoms with Crippen LogP contribution in [-0.4, -0.2) is 32.0 Å². The minimum absolute atomic E-state index is 0.0953. The van der Waals surface area contributed by atoms with E-state index in [9.17, 15) is 5.11 Å². The van der Waals surface area contributed by atoms with Gasteiger partial charge in [-0.25, -0.2) is 0 Å². The summed E-state index contributed by atoms with van der Waals surface area (Å²) in [6.45, 7) is 6.97. The van der Waals surface area contributed by atoms with E-state index in [1.807, 2.05) is 12.1 Å². The highest BCUT2D eigenvalue weighted by atomic mass is 16.5. The Kier molecular flexibility index (Phi) is 6.99. The molecule has 0 aromatic heterocycles. The first-order valence-electron chi connectivity index (χ1n) is 7.06. The standard InChI is InChI=1S/C16H27NO3/c1-11(2)15(9-18)17-12(3)13-6-7-16(20-5)14(8-13)10-19-4/h6-8,11-12,15,17-18H,9-10H2,1-5H3. The molecule has 0 amide bonds. The van der Waals surface area contributed by atoms with Crippen LogP contribution in [0.15, 0.2) is 18.2 Å². The molecule has 2 unspecified atom stereocenters. The third kappa shape index (κ3) is 4.47. The molecule has 1 aromatic rings. The van der Waals surface area contributed by atoms with Gasteiger partial charge in [-0.05, 0) is 30.5 Å². The zero-order valence-electron chi connectivity index (χ0n) is 13.1. The molecule has 4 nitrogen and oxygen atoms in total. The molecule has 1 aromatic carbocycles. The second-order valence-corrected chi connectivity index (χ2v) is 5.43. The zero-order chi connectivity index (χ0) is 15.1. The lowest BCUT2D eigenvalue weighted by molar-refractivity contribution is 0.181. The third-order valence-corrected chi connectivity index (χ3v) is 3.57. The van der Waals surface area contributed by atoms with Crippen molar-refractivity contribution in [2.24, 2.45) is 5.92 Å². The van der Waals surface area contributed by atoms with Crippen molar-refractivity contribution < 1.29 is 14.6 Å². The number of rotatable bonds is 8. The van der Waals surface area contributed by atoms with E-state index in [2.05, 4.69) is 32.2 Å². The average molecular weight is 281 g/mol. The van der Waals surface area contributed by atoms with Crippen molar-refractivity contribution in [3.63, 3.8) is 0 Å². The fourth-order valence-electron chi connectivity index (χ4n) is 2.21. The van der Waals surface area contributed by atoms with Gasteiger partial charge in [0, 0.05) is 24.8 Å². The van der Waals surface area contributed by atoms with E-state index in [1.165, 1.54) is 0 Å². The summed E-state index contributed by atoms with van der Waals surface area (Å²) in [7, 11) is 3.34. The van der Waals surface area contributed by atoms with Crippen molar-refractivity contribution in [1.82, 2.24) is 5.32 Å². The first-order chi connectivity index (χ1) is 9.53. The maximum Gasteiger partial charge on any atom is 0.124 e. The van der Waals surface area contributed by atoms with E-state index in [-0.39, 0.29) is 18.7 Å². The molecule has 2 N–H and O–H groups in total. The van der Waals surface area contributed by atoms with Crippen molar-refractivity contribution in [3.05, 3.63) is 29.3 Å². The van der Waals surface area contributed by atoms with Crippen LogP contribution in [0.3, 0.4) is 0 Å². The number of methoxy groups -OCH3 is 2. The summed E-state index contributed by atoms with van der Waals surface area (Å²) >= 11 is 0. The van der Waals surface area contributed by atoms with E-state index in [4.69, 9.17) is 9.47 Å². The number of hydrogen-bond acceptors (Lipinski definition) is 4. The Balaban J connectivity index is 2.87. The lowest BCUT2D eigenvalue weighted by Crippen LogP contribution is -2.38. The van der Waals surface area contributed by atoms with Crippen molar-refractivity contribution in [3.8, 4) is 5.75 Å². The quantitative estimate of drug-likeness (QED) is 0.769. The molecule has 0 bridgehead atoms. The van der Waals surface area contributed by atoms with Gasteiger partial charge in [0.25, 0.3) is 0 Å². The lowest BCUT2D eigenvalue weighted by Gasteiger charge is -2.25. The molecule has 0 aliphatic heterocycles. The summed E-state index contributed by atoms with van der Waals surface area (Å²) in [5, 5.41) is 12.9. The van der Waals surface area contributed by atoms with Crippen molar-refractivity contribution in [2.75, 3.05) is 20.8 Å². The predicted octanol–water partition coefficient (Wildman–Crippen LogP) is 2.51. The topological polar surface area (TPSA) is 50.7 Å². The summed E-state index contributed by atoms with van der Waals surface area (Å²) in [6.07, 6.45) is 0. The molecule has 114 valence electrons. The summed E-state index contributed by atoms with van der Waals surface area (Å²) < 4.78 is 10.5. The smallest absolute Gasteiger partial charge is 0.124 e. The Morgan fingerprint density at radius 2 is 1.90 bits per heavy atom. The molecule has 0 saturated heterocycles. The molecule has 4 heteroatoms. The Hall–Kier alpha value is -1.10. The molecule has 0 radical (unpaired) electrons. The first-order valence-corrected chi connectivity index (χ1v) is 7.06. The summed E-state index contributed by atoms with van der Waals surface area (Å²) in [5.74, 6) is 1.23. The van der Waals surface area contributed by atoms with Crippen LogP contribution < -0.4 is 10.1 Å². The van der Waals surface area contributed by atoms with E-state index in [0.29, 0.717) is 12.5 Å². The third-order valence-electron chi connectivity index (χ3n) is 3.57. The van der Waals surface area contributed by atoms with Crippen LogP contribution in [0.2, 0.25) is 0 Å². The van der Waals surface area contributed by atoms with Gasteiger partial charge in [-0.1, -0.05) is 19.9 Å². The number of aliphatic hydroxyl groups excluding tert-OH is 1. The molecule has 2 atom stereocenters. The van der Waals surface area contributed by atoms with Gasteiger partial charge in [-0.3, -0.25) is 0 Å². The largest absolute Gasteiger partial charge is 0.496 e. The van der Waals surface area contributed by atoms with Gasteiger partial charge in [-0.15, -0.1) is 0 Å². The molecule has 0 spiro atoms. The normalized spacial score (nSPS) is 14.3. The second-order valence-electron chi connectivity index (χ2n) is 5.43. The molecule has 1 rings (SSSR count). The molecule has 0 fully saturated rings. The number of ether oxygens (including phenoxy) is 2. The van der Waals surface area contributed by atoms with E-state index < -0.39 is 0 Å². The summed E-state index contributed by atoms with van der Waals surface area (Å²) in [6, 6.07) is 6.36. The van der Waals surface area contributed by atoms with E-state index in [1.54, 1.807) is 14.2 Å². The Bertz CT molecular complexity index is 407. The average Bonchev–Trinajstić information content (AvgIpc) is 2.44. The van der Waals surface area contributed by atoms with Gasteiger partial charge < -0.3 is 19.9 Å². The molecule has 20 heavy (non-hydrogen) atoms. The van der Waals surface area contributed by atoms with E-state index in [0.717, 1.165) is 16.9 Å². The van der Waals surface area contributed by atoms with E-state index >= 15 is 0 Å². The highest BCUT2D eigenvalue weighted by molar-refractivity contribution is 5.38. The number of aliphatic hydroxyl groups is 1. The van der Waals surface area contributed by atoms with Crippen molar-refractivity contribution >= 4 is 0 Å². The second kappa shape index (κ2) is 8.25. The van der Waals surface area contributed by atoms with Gasteiger partial charge in [0.05, 0.1) is 20.3 Å². The van der Waals surface area contributed by atoms with Crippen LogP contribution in [0.4, 0.5) is 0 Å². The maximum absolute atomic E-state index is 9.41. The number of hydrogen-bond donors (Lipinski definition) is 2. The van der Waals surface area contributed by atoms with Gasteiger partial charge in [0.2, 0.25) is 0 Å². The van der Waals surface area contributed by atoms with Crippen molar-refractivity contribution in [2.45, 2.75) is 39.5 Å². The minimum atomic E-state index is 0.0953. The molecule has 0 aliphatic carbocycles. The fraction of sp³-hybridized carbons (Fsp3) is 0.625. The predicted molar refractivity (Wildman–Crippen MR) is 81.0 cm³/mol. The zero-order valence-corrected chi connectivity index (χ0v) is 13.1. The Labute approximate surface area is 122 Å². The van der Waals surface area contributed by atoms with Crippen LogP contribution in [0.1, 0.15) is 37.9 Å². The van der Waals surface area contributed by atoms with Gasteiger partial charge in [-0.2, -0.15) is 0 Å². The van der Waals surface area contributed by atoms with Crippen LogP contribution >= 0.6 is 0 Å². The van der Waals surface area contributed by atoms with Gasteiger partial charge >= 0.3 is 0 Å². The molecular weight excluding hydrogens is 254 g/mol. The maximum atomic E-state index is 9.41. The molecule has 0 saturated carbocycles. The van der Waals surface area contributed by atoms with Gasteiger partial charge in [0.1, 0.15) is 5.75 Å². The SMILES string of the molecule is COCc1cc(C(C)NC(CO)C(C)C)ccc1OC. The number of benzene rings is 1. The first kappa shape index (κ1) is 17.0. The van der Waals surface area contributed by atoms with Crippen LogP contribution in [0, 0.1) is 5.92 Å². The molecular formula is C16H27NO3. The highest BCUT2D eigenvalue weighted by Crippen LogP contribution is 2.24. The fourth-order valence-corrected chi connectivity index (χ4v) is 2.21. The minimum Gasteiger partial charge on any atom is -0.496 e. The van der Waals surface area contributed by atoms with Crippen LogP contribution in [-0.2, 0) is 11.3 Å².